The van der Waals surface area contributed by atoms with Gasteiger partial charge in [-0.3, -0.25) is 4.90 Å². The third-order valence-corrected chi connectivity index (χ3v) is 3.32. The molecule has 2 rings (SSSR count). The number of piperidine rings is 1. The Kier molecular flexibility index (Phi) is 3.51. The van der Waals surface area contributed by atoms with Crippen LogP contribution in [0.3, 0.4) is 0 Å². The summed E-state index contributed by atoms with van der Waals surface area (Å²) in [6.45, 7) is 7.15. The molecule has 2 heterocycles. The van der Waals surface area contributed by atoms with Crippen LogP contribution in [0.15, 0.2) is 12.3 Å². The van der Waals surface area contributed by atoms with Crippen LogP contribution in [0, 0.1) is 12.8 Å². The smallest absolute Gasteiger partial charge is 0.125 e. The largest absolute Gasteiger partial charge is 0.326 e. The minimum absolute atomic E-state index is 0.302. The third kappa shape index (κ3) is 2.77. The summed E-state index contributed by atoms with van der Waals surface area (Å²) in [4.78, 5) is 10.9. The number of aromatic nitrogens is 2. The number of rotatable bonds is 2. The lowest BCUT2D eigenvalue weighted by molar-refractivity contribution is 0.160. The molecule has 0 aromatic carbocycles. The monoisotopic (exact) mass is 220 g/mol. The molecule has 0 radical (unpaired) electrons. The zero-order valence-corrected chi connectivity index (χ0v) is 10.1. The molecule has 1 fully saturated rings. The van der Waals surface area contributed by atoms with E-state index in [0.717, 1.165) is 31.2 Å². The van der Waals surface area contributed by atoms with Crippen LogP contribution in [0.2, 0.25) is 0 Å². The first-order valence-electron chi connectivity index (χ1n) is 5.91. The van der Waals surface area contributed by atoms with Gasteiger partial charge in [0.1, 0.15) is 5.82 Å². The van der Waals surface area contributed by atoms with E-state index in [1.54, 1.807) is 0 Å². The molecule has 2 N–H and O–H groups in total. The van der Waals surface area contributed by atoms with E-state index in [0.29, 0.717) is 12.0 Å². The van der Waals surface area contributed by atoms with Crippen molar-refractivity contribution < 1.29 is 0 Å². The van der Waals surface area contributed by atoms with Gasteiger partial charge in [-0.1, -0.05) is 6.92 Å². The van der Waals surface area contributed by atoms with Crippen molar-refractivity contribution in [2.24, 2.45) is 11.7 Å². The first-order valence-corrected chi connectivity index (χ1v) is 5.91. The fraction of sp³-hybridized carbons (Fsp3) is 0.667. The number of likely N-dealkylation sites (tertiary alicyclic amines) is 1. The van der Waals surface area contributed by atoms with E-state index < -0.39 is 0 Å². The Balaban J connectivity index is 1.95. The van der Waals surface area contributed by atoms with Crippen LogP contribution in [0.25, 0.3) is 0 Å². The molecule has 2 unspecified atom stereocenters. The van der Waals surface area contributed by atoms with E-state index in [1.807, 2.05) is 19.2 Å². The van der Waals surface area contributed by atoms with Gasteiger partial charge in [0.25, 0.3) is 0 Å². The van der Waals surface area contributed by atoms with E-state index in [9.17, 15) is 0 Å². The average Bonchev–Trinajstić information content (AvgIpc) is 2.24. The van der Waals surface area contributed by atoms with E-state index in [2.05, 4.69) is 21.8 Å². The van der Waals surface area contributed by atoms with Crippen molar-refractivity contribution in [3.8, 4) is 0 Å². The van der Waals surface area contributed by atoms with Crippen molar-refractivity contribution in [1.29, 1.82) is 0 Å². The minimum Gasteiger partial charge on any atom is -0.326 e. The Morgan fingerprint density at radius 2 is 2.38 bits per heavy atom. The fourth-order valence-corrected chi connectivity index (χ4v) is 2.14. The van der Waals surface area contributed by atoms with Gasteiger partial charge in [0.2, 0.25) is 0 Å². The molecule has 88 valence electrons. The van der Waals surface area contributed by atoms with E-state index in [-0.39, 0.29) is 0 Å². The molecule has 16 heavy (non-hydrogen) atoms. The lowest BCUT2D eigenvalue weighted by Gasteiger charge is -2.34. The first kappa shape index (κ1) is 11.5. The van der Waals surface area contributed by atoms with Crippen molar-refractivity contribution in [3.63, 3.8) is 0 Å². The summed E-state index contributed by atoms with van der Waals surface area (Å²) in [5.74, 6) is 1.48. The molecule has 0 spiro atoms. The van der Waals surface area contributed by atoms with Crippen LogP contribution in [0.5, 0.6) is 0 Å². The summed E-state index contributed by atoms with van der Waals surface area (Å²) in [6, 6.07) is 2.29. The second kappa shape index (κ2) is 4.89. The van der Waals surface area contributed by atoms with Crippen molar-refractivity contribution >= 4 is 0 Å². The Hall–Kier alpha value is -1.00. The van der Waals surface area contributed by atoms with Gasteiger partial charge in [-0.2, -0.15) is 0 Å². The standard InChI is InChI=1S/C12H20N4/c1-9-4-6-16(8-12(9)13)7-11-3-5-14-10(2)15-11/h3,5,9,12H,4,6-8,13H2,1-2H3. The highest BCUT2D eigenvalue weighted by molar-refractivity contribution is 5.02. The number of nitrogens with zero attached hydrogens (tertiary/aromatic N) is 3. The zero-order chi connectivity index (χ0) is 11.5. The van der Waals surface area contributed by atoms with Gasteiger partial charge in [-0.15, -0.1) is 0 Å². The molecular formula is C12H20N4. The van der Waals surface area contributed by atoms with Gasteiger partial charge in [0, 0.05) is 25.3 Å². The summed E-state index contributed by atoms with van der Waals surface area (Å²) in [5, 5.41) is 0. The predicted molar refractivity (Wildman–Crippen MR) is 63.8 cm³/mol. The summed E-state index contributed by atoms with van der Waals surface area (Å²) < 4.78 is 0. The second-order valence-corrected chi connectivity index (χ2v) is 4.76. The Labute approximate surface area is 96.9 Å². The molecule has 1 aliphatic heterocycles. The number of hydrogen-bond donors (Lipinski definition) is 1. The zero-order valence-electron chi connectivity index (χ0n) is 10.1. The Morgan fingerprint density at radius 3 is 3.06 bits per heavy atom. The molecule has 0 saturated carbocycles. The van der Waals surface area contributed by atoms with Crippen molar-refractivity contribution in [2.75, 3.05) is 13.1 Å². The van der Waals surface area contributed by atoms with Crippen LogP contribution >= 0.6 is 0 Å². The molecule has 1 aliphatic rings. The van der Waals surface area contributed by atoms with Crippen LogP contribution in [0.4, 0.5) is 0 Å². The molecule has 4 heteroatoms. The number of hydrogen-bond acceptors (Lipinski definition) is 4. The molecule has 1 aromatic rings. The molecule has 1 aromatic heterocycles. The topological polar surface area (TPSA) is 55.0 Å². The van der Waals surface area contributed by atoms with Crippen molar-refractivity contribution in [1.82, 2.24) is 14.9 Å². The first-order chi connectivity index (χ1) is 7.65. The fourth-order valence-electron chi connectivity index (χ4n) is 2.14. The Morgan fingerprint density at radius 1 is 1.56 bits per heavy atom. The quantitative estimate of drug-likeness (QED) is 0.806. The van der Waals surface area contributed by atoms with Gasteiger partial charge in [-0.25, -0.2) is 9.97 Å². The molecule has 0 amide bonds. The molecule has 0 bridgehead atoms. The third-order valence-electron chi connectivity index (χ3n) is 3.32. The molecule has 2 atom stereocenters. The van der Waals surface area contributed by atoms with E-state index in [4.69, 9.17) is 5.73 Å². The van der Waals surface area contributed by atoms with Gasteiger partial charge < -0.3 is 5.73 Å². The molecular weight excluding hydrogens is 200 g/mol. The average molecular weight is 220 g/mol. The maximum absolute atomic E-state index is 6.08. The van der Waals surface area contributed by atoms with Crippen LogP contribution in [0.1, 0.15) is 24.9 Å². The predicted octanol–water partition coefficient (Wildman–Crippen LogP) is 0.954. The van der Waals surface area contributed by atoms with Crippen molar-refractivity contribution in [3.05, 3.63) is 23.8 Å². The molecule has 0 aliphatic carbocycles. The highest BCUT2D eigenvalue weighted by Crippen LogP contribution is 2.16. The lowest BCUT2D eigenvalue weighted by Crippen LogP contribution is -2.47. The summed E-state index contributed by atoms with van der Waals surface area (Å²) in [7, 11) is 0. The SMILES string of the molecule is Cc1nccc(CN2CCC(C)C(N)C2)n1. The van der Waals surface area contributed by atoms with E-state index in [1.165, 1.54) is 6.42 Å². The van der Waals surface area contributed by atoms with Gasteiger partial charge in [0.15, 0.2) is 0 Å². The highest BCUT2D eigenvalue weighted by atomic mass is 15.2. The number of aryl methyl sites for hydroxylation is 1. The van der Waals surface area contributed by atoms with Gasteiger partial charge in [0.05, 0.1) is 5.69 Å². The number of nitrogens with two attached hydrogens (primary N) is 1. The van der Waals surface area contributed by atoms with Crippen LogP contribution in [-0.4, -0.2) is 34.0 Å². The van der Waals surface area contributed by atoms with Crippen LogP contribution < -0.4 is 5.73 Å². The van der Waals surface area contributed by atoms with Crippen LogP contribution in [-0.2, 0) is 6.54 Å². The van der Waals surface area contributed by atoms with Crippen molar-refractivity contribution in [2.45, 2.75) is 32.9 Å². The van der Waals surface area contributed by atoms with Gasteiger partial charge in [-0.05, 0) is 31.9 Å². The van der Waals surface area contributed by atoms with Gasteiger partial charge >= 0.3 is 0 Å². The summed E-state index contributed by atoms with van der Waals surface area (Å²) in [5.41, 5.74) is 7.17. The normalized spacial score (nSPS) is 26.9. The second-order valence-electron chi connectivity index (χ2n) is 4.76. The Bertz CT molecular complexity index is 353. The minimum atomic E-state index is 0.302. The summed E-state index contributed by atoms with van der Waals surface area (Å²) >= 11 is 0. The summed E-state index contributed by atoms with van der Waals surface area (Å²) in [6.07, 6.45) is 3.01. The van der Waals surface area contributed by atoms with E-state index >= 15 is 0 Å². The molecule has 4 nitrogen and oxygen atoms in total. The molecule has 1 saturated heterocycles. The maximum atomic E-state index is 6.08. The highest BCUT2D eigenvalue weighted by Gasteiger charge is 2.23. The maximum Gasteiger partial charge on any atom is 0.125 e. The lowest BCUT2D eigenvalue weighted by atomic mass is 9.94.